The minimum atomic E-state index is -3.75. The van der Waals surface area contributed by atoms with Crippen LogP contribution in [0.2, 0.25) is 0 Å². The molecule has 27 heavy (non-hydrogen) atoms. The minimum absolute atomic E-state index is 0.288. The smallest absolute Gasteiger partial charge is 0.302 e. The normalized spacial score (nSPS) is 12.0. The second kappa shape index (κ2) is 19.8. The lowest BCUT2D eigenvalue weighted by Crippen LogP contribution is -2.20. The number of hydrogen-bond acceptors (Lipinski definition) is 3. The summed E-state index contributed by atoms with van der Waals surface area (Å²) >= 11 is 0. The first-order chi connectivity index (χ1) is 12.8. The van der Waals surface area contributed by atoms with Crippen molar-refractivity contribution in [1.82, 2.24) is 0 Å². The molecular formula is C21H48O4P2. The van der Waals surface area contributed by atoms with Gasteiger partial charge in [0.05, 0.1) is 13.2 Å². The Morgan fingerprint density at radius 1 is 0.704 bits per heavy atom. The van der Waals surface area contributed by atoms with Crippen LogP contribution in [0, 0.1) is 0 Å². The van der Waals surface area contributed by atoms with Gasteiger partial charge in [-0.1, -0.05) is 86.0 Å². The lowest BCUT2D eigenvalue weighted by molar-refractivity contribution is 0.146. The molecule has 0 aliphatic carbocycles. The van der Waals surface area contributed by atoms with Crippen molar-refractivity contribution in [1.29, 1.82) is 0 Å². The number of rotatable bonds is 17. The van der Waals surface area contributed by atoms with E-state index in [0.717, 1.165) is 25.7 Å². The van der Waals surface area contributed by atoms with E-state index in [1.807, 2.05) is 13.8 Å². The Morgan fingerprint density at radius 2 is 1.00 bits per heavy atom. The summed E-state index contributed by atoms with van der Waals surface area (Å²) in [6, 6.07) is 0. The van der Waals surface area contributed by atoms with Crippen molar-refractivity contribution in [2.24, 2.45) is 0 Å². The molecular weight excluding hydrogens is 378 g/mol. The molecule has 0 aromatic rings. The molecule has 4 nitrogen and oxygen atoms in total. The Balaban J connectivity index is 0. The van der Waals surface area contributed by atoms with Crippen molar-refractivity contribution in [3.8, 4) is 0 Å². The van der Waals surface area contributed by atoms with E-state index in [1.165, 1.54) is 57.8 Å². The van der Waals surface area contributed by atoms with E-state index in [1.54, 1.807) is 0 Å². The number of unbranched alkanes of at least 4 members (excludes halogenated alkanes) is 5. The molecule has 0 radical (unpaired) electrons. The Labute approximate surface area is 172 Å². The van der Waals surface area contributed by atoms with E-state index in [0.29, 0.717) is 5.16 Å². The minimum Gasteiger partial charge on any atom is -0.302 e. The summed E-state index contributed by atoms with van der Waals surface area (Å²) < 4.78 is 20.5. The highest BCUT2D eigenvalue weighted by Crippen LogP contribution is 2.43. The zero-order valence-electron chi connectivity index (χ0n) is 18.8. The van der Waals surface area contributed by atoms with Crippen molar-refractivity contribution in [2.45, 2.75) is 123 Å². The van der Waals surface area contributed by atoms with Crippen LogP contribution in [0.5, 0.6) is 0 Å². The molecule has 166 valence electrons. The predicted octanol–water partition coefficient (Wildman–Crippen LogP) is 7.89. The summed E-state index contributed by atoms with van der Waals surface area (Å²) in [4.78, 5) is 9.08. The van der Waals surface area contributed by atoms with Crippen LogP contribution in [0.25, 0.3) is 0 Å². The maximum Gasteiger partial charge on any atom is 0.472 e. The third-order valence-corrected chi connectivity index (χ3v) is 6.47. The zero-order chi connectivity index (χ0) is 21.0. The van der Waals surface area contributed by atoms with Crippen LogP contribution in [0.4, 0.5) is 0 Å². The monoisotopic (exact) mass is 426 g/mol. The SMILES string of the molecule is CCCCC(P)(CCCC)CCCC.CCCCOP(=O)(O)OCCCC. The fourth-order valence-electron chi connectivity index (χ4n) is 2.65. The first-order valence-electron chi connectivity index (χ1n) is 11.2. The zero-order valence-corrected chi connectivity index (χ0v) is 20.9. The van der Waals surface area contributed by atoms with Crippen molar-refractivity contribution >= 4 is 17.1 Å². The van der Waals surface area contributed by atoms with Gasteiger partial charge in [-0.05, 0) is 37.3 Å². The van der Waals surface area contributed by atoms with Gasteiger partial charge in [0, 0.05) is 0 Å². The Morgan fingerprint density at radius 3 is 1.26 bits per heavy atom. The summed E-state index contributed by atoms with van der Waals surface area (Å²) in [5.41, 5.74) is 0. The lowest BCUT2D eigenvalue weighted by atomic mass is 9.90. The molecule has 0 amide bonds. The average Bonchev–Trinajstić information content (AvgIpc) is 2.64. The van der Waals surface area contributed by atoms with Gasteiger partial charge in [-0.25, -0.2) is 4.57 Å². The first-order valence-corrected chi connectivity index (χ1v) is 13.3. The standard InChI is InChI=1S/C13H29P.C8H19O4P/c1-4-7-10-13(14,11-8-5-2)12-9-6-3;1-3-5-7-11-13(9,10)12-8-6-4-2/h4-12,14H2,1-3H3;3-8H2,1-2H3,(H,9,10). The molecule has 0 saturated carbocycles. The van der Waals surface area contributed by atoms with Gasteiger partial charge in [0.25, 0.3) is 0 Å². The highest BCUT2D eigenvalue weighted by Gasteiger charge is 2.22. The molecule has 0 aromatic carbocycles. The average molecular weight is 427 g/mol. The van der Waals surface area contributed by atoms with Gasteiger partial charge in [0.1, 0.15) is 0 Å². The van der Waals surface area contributed by atoms with E-state index >= 15 is 0 Å². The molecule has 0 heterocycles. The Hall–Kier alpha value is 0.540. The molecule has 1 atom stereocenters. The quantitative estimate of drug-likeness (QED) is 0.190. The molecule has 1 unspecified atom stereocenters. The second-order valence-electron chi connectivity index (χ2n) is 7.52. The van der Waals surface area contributed by atoms with Crippen molar-refractivity contribution < 1.29 is 18.5 Å². The third kappa shape index (κ3) is 21.1. The largest absolute Gasteiger partial charge is 0.472 e. The molecule has 0 saturated heterocycles. The van der Waals surface area contributed by atoms with Crippen molar-refractivity contribution in [2.75, 3.05) is 13.2 Å². The maximum atomic E-state index is 11.1. The third-order valence-electron chi connectivity index (χ3n) is 4.59. The van der Waals surface area contributed by atoms with Gasteiger partial charge in [-0.15, -0.1) is 9.24 Å². The van der Waals surface area contributed by atoms with Crippen LogP contribution in [-0.4, -0.2) is 23.3 Å². The van der Waals surface area contributed by atoms with E-state index in [2.05, 4.69) is 30.0 Å². The summed E-state index contributed by atoms with van der Waals surface area (Å²) in [6.45, 7) is 11.4. The summed E-state index contributed by atoms with van der Waals surface area (Å²) in [7, 11) is -0.586. The fourth-order valence-corrected chi connectivity index (χ4v) is 4.05. The molecule has 0 aromatic heterocycles. The van der Waals surface area contributed by atoms with Crippen LogP contribution in [0.15, 0.2) is 0 Å². The lowest BCUT2D eigenvalue weighted by Gasteiger charge is -2.29. The van der Waals surface area contributed by atoms with Gasteiger partial charge in [-0.2, -0.15) is 0 Å². The Bertz CT molecular complexity index is 315. The molecule has 1 N–H and O–H groups in total. The molecule has 0 aliphatic heterocycles. The van der Waals surface area contributed by atoms with Crippen LogP contribution >= 0.6 is 17.1 Å². The van der Waals surface area contributed by atoms with Gasteiger partial charge in [0.15, 0.2) is 0 Å². The highest BCUT2D eigenvalue weighted by atomic mass is 31.2. The molecule has 0 rings (SSSR count). The maximum absolute atomic E-state index is 11.1. The number of phosphoric ester groups is 1. The van der Waals surface area contributed by atoms with E-state index in [-0.39, 0.29) is 13.2 Å². The fraction of sp³-hybridized carbons (Fsp3) is 1.00. The predicted molar refractivity (Wildman–Crippen MR) is 123 cm³/mol. The van der Waals surface area contributed by atoms with Gasteiger partial charge in [-0.3, -0.25) is 9.05 Å². The molecule has 0 spiro atoms. The van der Waals surface area contributed by atoms with Crippen LogP contribution < -0.4 is 0 Å². The molecule has 0 bridgehead atoms. The van der Waals surface area contributed by atoms with Crippen molar-refractivity contribution in [3.63, 3.8) is 0 Å². The van der Waals surface area contributed by atoms with E-state index in [9.17, 15) is 4.57 Å². The van der Waals surface area contributed by atoms with Gasteiger partial charge < -0.3 is 4.89 Å². The Kier molecular flexibility index (Phi) is 21.9. The van der Waals surface area contributed by atoms with Crippen LogP contribution in [-0.2, 0) is 13.6 Å². The summed E-state index contributed by atoms with van der Waals surface area (Å²) in [6.07, 6.45) is 15.9. The van der Waals surface area contributed by atoms with E-state index in [4.69, 9.17) is 13.9 Å². The number of phosphoric acid groups is 1. The molecule has 6 heteroatoms. The molecule has 0 aliphatic rings. The van der Waals surface area contributed by atoms with Gasteiger partial charge >= 0.3 is 7.82 Å². The topological polar surface area (TPSA) is 55.8 Å². The summed E-state index contributed by atoms with van der Waals surface area (Å²) in [5.74, 6) is 0. The van der Waals surface area contributed by atoms with Crippen LogP contribution in [0.3, 0.4) is 0 Å². The highest BCUT2D eigenvalue weighted by molar-refractivity contribution is 7.47. The van der Waals surface area contributed by atoms with E-state index < -0.39 is 7.82 Å². The summed E-state index contributed by atoms with van der Waals surface area (Å²) in [5, 5.41) is 0.571. The van der Waals surface area contributed by atoms with Gasteiger partial charge in [0.2, 0.25) is 0 Å². The number of hydrogen-bond donors (Lipinski definition) is 1. The second-order valence-corrected chi connectivity index (χ2v) is 10.2. The first kappa shape index (κ1) is 29.7. The van der Waals surface area contributed by atoms with Crippen molar-refractivity contribution in [3.05, 3.63) is 0 Å². The molecule has 0 fully saturated rings. The van der Waals surface area contributed by atoms with Crippen LogP contribution in [0.1, 0.15) is 118 Å².